The van der Waals surface area contributed by atoms with E-state index in [0.717, 1.165) is 5.57 Å². The summed E-state index contributed by atoms with van der Waals surface area (Å²) in [7, 11) is 0. The number of rotatable bonds is 4. The molecule has 0 aromatic carbocycles. The minimum absolute atomic E-state index is 0.0251. The number of nitriles is 1. The molecule has 0 saturated carbocycles. The first kappa shape index (κ1) is 19.0. The van der Waals surface area contributed by atoms with Crippen LogP contribution in [0.3, 0.4) is 0 Å². The highest BCUT2D eigenvalue weighted by Gasteiger charge is 2.35. The van der Waals surface area contributed by atoms with E-state index in [0.29, 0.717) is 30.5 Å². The van der Waals surface area contributed by atoms with E-state index in [1.54, 1.807) is 18.3 Å². The van der Waals surface area contributed by atoms with Crippen molar-refractivity contribution < 1.29 is 9.90 Å². The van der Waals surface area contributed by atoms with Gasteiger partial charge >= 0.3 is 0 Å². The molecule has 1 aromatic rings. The first-order valence-corrected chi connectivity index (χ1v) is 9.62. The zero-order valence-electron chi connectivity index (χ0n) is 16.3. The van der Waals surface area contributed by atoms with E-state index in [1.165, 1.54) is 5.57 Å². The van der Waals surface area contributed by atoms with Gasteiger partial charge in [0.2, 0.25) is 0 Å². The van der Waals surface area contributed by atoms with Gasteiger partial charge in [-0.25, -0.2) is 0 Å². The first-order chi connectivity index (χ1) is 14.0. The fourth-order valence-corrected chi connectivity index (χ4v) is 3.72. The Kier molecular flexibility index (Phi) is 4.99. The fraction of sp³-hybridized carbons (Fsp3) is 0.381. The molecule has 3 heterocycles. The lowest BCUT2D eigenvalue weighted by atomic mass is 9.88. The molecule has 148 valence electrons. The van der Waals surface area contributed by atoms with E-state index in [1.807, 2.05) is 23.1 Å². The van der Waals surface area contributed by atoms with Crippen LogP contribution in [-0.2, 0) is 4.79 Å². The Hall–Kier alpha value is -3.31. The van der Waals surface area contributed by atoms with E-state index in [4.69, 9.17) is 5.26 Å². The fourth-order valence-electron chi connectivity index (χ4n) is 3.72. The van der Waals surface area contributed by atoms with Gasteiger partial charge in [0.25, 0.3) is 5.91 Å². The third-order valence-corrected chi connectivity index (χ3v) is 5.40. The first-order valence-electron chi connectivity index (χ1n) is 9.62. The van der Waals surface area contributed by atoms with Crippen LogP contribution in [0.5, 0.6) is 0 Å². The van der Waals surface area contributed by atoms with Crippen LogP contribution in [-0.4, -0.2) is 52.7 Å². The lowest BCUT2D eigenvalue weighted by Crippen LogP contribution is -2.43. The van der Waals surface area contributed by atoms with Crippen LogP contribution in [0.2, 0.25) is 0 Å². The lowest BCUT2D eigenvalue weighted by molar-refractivity contribution is -0.118. The number of hydrogen-bond acceptors (Lipinski definition) is 7. The maximum Gasteiger partial charge on any atom is 0.270 e. The molecule has 1 amide bonds. The molecule has 1 aromatic heterocycles. The average Bonchev–Trinajstić information content (AvgIpc) is 3.31. The van der Waals surface area contributed by atoms with Gasteiger partial charge in [-0.05, 0) is 29.2 Å². The van der Waals surface area contributed by atoms with Crippen molar-refractivity contribution in [3.63, 3.8) is 0 Å². The molecule has 4 rings (SSSR count). The minimum atomic E-state index is -0.738. The quantitative estimate of drug-likeness (QED) is 0.796. The molecule has 0 radical (unpaired) electrons. The van der Waals surface area contributed by atoms with Crippen molar-refractivity contribution in [3.8, 4) is 6.07 Å². The van der Waals surface area contributed by atoms with Gasteiger partial charge in [-0.15, -0.1) is 10.2 Å². The molecule has 0 spiro atoms. The molecule has 1 aliphatic carbocycles. The Morgan fingerprint density at radius 3 is 2.83 bits per heavy atom. The Morgan fingerprint density at radius 2 is 2.14 bits per heavy atom. The summed E-state index contributed by atoms with van der Waals surface area (Å²) in [6.07, 6.45) is 7.19. The summed E-state index contributed by atoms with van der Waals surface area (Å²) in [6.45, 7) is 4.99. The van der Waals surface area contributed by atoms with E-state index < -0.39 is 12.1 Å². The summed E-state index contributed by atoms with van der Waals surface area (Å²) < 4.78 is 0. The number of hydrogen-bond donors (Lipinski definition) is 2. The van der Waals surface area contributed by atoms with Gasteiger partial charge in [-0.2, -0.15) is 5.26 Å². The Balaban J connectivity index is 1.44. The zero-order chi connectivity index (χ0) is 20.5. The van der Waals surface area contributed by atoms with E-state index in [9.17, 15) is 9.90 Å². The number of allylic oxidation sites excluding steroid dienone is 5. The number of aliphatic imine (C=N–C) groups is 1. The number of aliphatic hydroxyl groups excluding tert-OH is 1. The molecular formula is C21H22N6O2. The molecule has 2 N–H and O–H groups in total. The van der Waals surface area contributed by atoms with E-state index in [2.05, 4.69) is 40.4 Å². The summed E-state index contributed by atoms with van der Waals surface area (Å²) in [5, 5.41) is 30.0. The monoisotopic (exact) mass is 390 g/mol. The number of carbonyl (C=O) groups excluding carboxylic acids is 1. The van der Waals surface area contributed by atoms with Gasteiger partial charge in [-0.1, -0.05) is 32.1 Å². The second-order valence-electron chi connectivity index (χ2n) is 7.70. The molecule has 8 heteroatoms. The second kappa shape index (κ2) is 7.60. The van der Waals surface area contributed by atoms with Crippen molar-refractivity contribution >= 4 is 17.9 Å². The van der Waals surface area contributed by atoms with Crippen molar-refractivity contribution in [2.24, 2.45) is 16.8 Å². The number of aromatic nitrogens is 2. The highest BCUT2D eigenvalue weighted by Crippen LogP contribution is 2.31. The Bertz CT molecular complexity index is 983. The maximum absolute atomic E-state index is 12.8. The zero-order valence-corrected chi connectivity index (χ0v) is 16.3. The van der Waals surface area contributed by atoms with Crippen LogP contribution in [0.4, 0.5) is 5.82 Å². The number of aliphatic hydroxyl groups is 1. The SMILES string of the molecule is CC(C)C1=CC2C=NC(C(=O)N[C@H]3CN(c4ccc(C#N)nn4)C[C@@H]3O)=C2C=C1. The molecule has 2 aliphatic heterocycles. The largest absolute Gasteiger partial charge is 0.389 e. The molecule has 1 fully saturated rings. The topological polar surface area (TPSA) is 115 Å². The Morgan fingerprint density at radius 1 is 1.31 bits per heavy atom. The van der Waals surface area contributed by atoms with Crippen LogP contribution in [0.15, 0.2) is 52.2 Å². The summed E-state index contributed by atoms with van der Waals surface area (Å²) in [5.41, 5.74) is 2.75. The number of amides is 1. The van der Waals surface area contributed by atoms with E-state index in [-0.39, 0.29) is 17.5 Å². The smallest absolute Gasteiger partial charge is 0.270 e. The molecule has 3 atom stereocenters. The van der Waals surface area contributed by atoms with Crippen LogP contribution in [0, 0.1) is 23.2 Å². The van der Waals surface area contributed by atoms with Gasteiger partial charge in [0, 0.05) is 25.2 Å². The van der Waals surface area contributed by atoms with Crippen molar-refractivity contribution in [3.05, 3.63) is 52.9 Å². The molecule has 0 bridgehead atoms. The predicted octanol–water partition coefficient (Wildman–Crippen LogP) is 1.12. The van der Waals surface area contributed by atoms with Crippen molar-refractivity contribution in [2.45, 2.75) is 26.0 Å². The number of nitrogens with zero attached hydrogens (tertiary/aromatic N) is 5. The summed E-state index contributed by atoms with van der Waals surface area (Å²) in [6, 6.07) is 4.74. The highest BCUT2D eigenvalue weighted by molar-refractivity contribution is 6.00. The number of nitrogens with one attached hydrogen (secondary N) is 1. The number of anilines is 1. The van der Waals surface area contributed by atoms with Gasteiger partial charge in [0.1, 0.15) is 11.8 Å². The van der Waals surface area contributed by atoms with Crippen LogP contribution >= 0.6 is 0 Å². The predicted molar refractivity (Wildman–Crippen MR) is 108 cm³/mol. The normalized spacial score (nSPS) is 25.3. The van der Waals surface area contributed by atoms with Gasteiger partial charge in [0.15, 0.2) is 11.5 Å². The molecular weight excluding hydrogens is 368 g/mol. The summed E-state index contributed by atoms with van der Waals surface area (Å²) in [4.78, 5) is 19.0. The average molecular weight is 390 g/mol. The van der Waals surface area contributed by atoms with Gasteiger partial charge < -0.3 is 15.3 Å². The summed E-state index contributed by atoms with van der Waals surface area (Å²) >= 11 is 0. The highest BCUT2D eigenvalue weighted by atomic mass is 16.3. The van der Waals surface area contributed by atoms with Crippen LogP contribution < -0.4 is 10.2 Å². The third kappa shape index (κ3) is 3.69. The van der Waals surface area contributed by atoms with Crippen molar-refractivity contribution in [2.75, 3.05) is 18.0 Å². The standard InChI is InChI=1S/C21H22N6O2/c1-12(2)13-3-5-16-14(7-13)9-23-20(16)21(29)24-17-10-27(11-18(17)28)19-6-4-15(8-22)25-26-19/h3-7,9,12,14,17-18,28H,10-11H2,1-2H3,(H,24,29)/t14?,17-,18-/m0/s1. The van der Waals surface area contributed by atoms with Gasteiger partial charge in [-0.3, -0.25) is 9.79 Å². The number of fused-ring (bicyclic) bond motifs is 1. The minimum Gasteiger partial charge on any atom is -0.389 e. The molecule has 8 nitrogen and oxygen atoms in total. The number of β-amino-alcohol motifs (C(OH)–C–C–N with tert-alkyl or cyclic N) is 1. The van der Waals surface area contributed by atoms with Crippen LogP contribution in [0.25, 0.3) is 0 Å². The summed E-state index contributed by atoms with van der Waals surface area (Å²) in [5.74, 6) is 0.713. The van der Waals surface area contributed by atoms with Gasteiger partial charge in [0.05, 0.1) is 12.1 Å². The van der Waals surface area contributed by atoms with Crippen molar-refractivity contribution in [1.82, 2.24) is 15.5 Å². The molecule has 3 aliphatic rings. The molecule has 1 saturated heterocycles. The lowest BCUT2D eigenvalue weighted by Gasteiger charge is -2.18. The van der Waals surface area contributed by atoms with Crippen molar-refractivity contribution in [1.29, 1.82) is 5.26 Å². The maximum atomic E-state index is 12.8. The Labute approximate surface area is 169 Å². The molecule has 29 heavy (non-hydrogen) atoms. The van der Waals surface area contributed by atoms with E-state index >= 15 is 0 Å². The van der Waals surface area contributed by atoms with Crippen LogP contribution in [0.1, 0.15) is 19.5 Å². The molecule has 1 unspecified atom stereocenters. The third-order valence-electron chi connectivity index (χ3n) is 5.40. The number of carbonyl (C=O) groups is 1. The second-order valence-corrected chi connectivity index (χ2v) is 7.70.